The Morgan fingerprint density at radius 1 is 1.29 bits per heavy atom. The van der Waals surface area contributed by atoms with E-state index in [0.29, 0.717) is 5.41 Å². The van der Waals surface area contributed by atoms with E-state index in [4.69, 9.17) is 9.47 Å². The first kappa shape index (κ1) is 20.9. The van der Waals surface area contributed by atoms with Crippen molar-refractivity contribution in [3.05, 3.63) is 0 Å². The number of guanidine groups is 1. The molecule has 0 atom stereocenters. The van der Waals surface area contributed by atoms with Gasteiger partial charge < -0.3 is 20.1 Å². The molecule has 1 aliphatic rings. The number of aliphatic imine (C=N–C) groups is 1. The van der Waals surface area contributed by atoms with E-state index in [2.05, 4.69) is 29.5 Å². The quantitative estimate of drug-likeness (QED) is 0.264. The molecular weight excluding hydrogens is 381 g/mol. The molecule has 21 heavy (non-hydrogen) atoms. The van der Waals surface area contributed by atoms with Crippen molar-refractivity contribution >= 4 is 29.9 Å². The predicted molar refractivity (Wildman–Crippen MR) is 98.6 cm³/mol. The smallest absolute Gasteiger partial charge is 0.191 e. The molecule has 126 valence electrons. The average Bonchev–Trinajstić information content (AvgIpc) is 3.20. The van der Waals surface area contributed by atoms with Gasteiger partial charge in [0.1, 0.15) is 0 Å². The van der Waals surface area contributed by atoms with Gasteiger partial charge in [-0.1, -0.05) is 0 Å². The lowest BCUT2D eigenvalue weighted by Gasteiger charge is -2.25. The molecule has 0 aliphatic heterocycles. The highest BCUT2D eigenvalue weighted by Gasteiger charge is 2.41. The molecule has 1 saturated carbocycles. The Labute approximate surface area is 146 Å². The van der Waals surface area contributed by atoms with E-state index in [1.807, 2.05) is 6.92 Å². The van der Waals surface area contributed by atoms with Crippen molar-refractivity contribution in [2.75, 3.05) is 40.5 Å². The number of nitrogens with one attached hydrogen (secondary N) is 2. The van der Waals surface area contributed by atoms with Crippen molar-refractivity contribution < 1.29 is 9.47 Å². The van der Waals surface area contributed by atoms with Gasteiger partial charge in [-0.05, 0) is 45.4 Å². The van der Waals surface area contributed by atoms with Crippen LogP contribution in [0.5, 0.6) is 0 Å². The number of hydrogen-bond acceptors (Lipinski definition) is 3. The Morgan fingerprint density at radius 2 is 1.95 bits per heavy atom. The number of rotatable bonds is 9. The standard InChI is InChI=1S/C15H31N3O2.HI/c1-6-20-10-9-15(7-8-15)12-18-13(16-4)17-11-14(2,3)19-5;/h6-12H2,1-5H3,(H2,16,17,18);1H. The van der Waals surface area contributed by atoms with E-state index in [1.54, 1.807) is 14.2 Å². The topological polar surface area (TPSA) is 54.9 Å². The van der Waals surface area contributed by atoms with Gasteiger partial charge >= 0.3 is 0 Å². The highest BCUT2D eigenvalue weighted by atomic mass is 127. The van der Waals surface area contributed by atoms with Crippen LogP contribution in [0.4, 0.5) is 0 Å². The maximum atomic E-state index is 5.46. The molecule has 0 radical (unpaired) electrons. The van der Waals surface area contributed by atoms with Crippen molar-refractivity contribution in [3.8, 4) is 0 Å². The van der Waals surface area contributed by atoms with Crippen LogP contribution in [-0.2, 0) is 9.47 Å². The number of halogens is 1. The molecule has 0 bridgehead atoms. The fraction of sp³-hybridized carbons (Fsp3) is 0.933. The molecule has 0 amide bonds. The van der Waals surface area contributed by atoms with Crippen LogP contribution in [0.2, 0.25) is 0 Å². The third kappa shape index (κ3) is 8.21. The lowest BCUT2D eigenvalue weighted by molar-refractivity contribution is 0.0268. The fourth-order valence-electron chi connectivity index (χ4n) is 1.99. The minimum absolute atomic E-state index is 0. The fourth-order valence-corrected chi connectivity index (χ4v) is 1.99. The SMILES string of the molecule is CCOCCC1(CNC(=NC)NCC(C)(C)OC)CC1.I. The van der Waals surface area contributed by atoms with Gasteiger partial charge in [-0.2, -0.15) is 0 Å². The summed E-state index contributed by atoms with van der Waals surface area (Å²) in [6.45, 7) is 9.51. The van der Waals surface area contributed by atoms with Crippen LogP contribution in [0.25, 0.3) is 0 Å². The summed E-state index contributed by atoms with van der Waals surface area (Å²) >= 11 is 0. The van der Waals surface area contributed by atoms with Crippen LogP contribution in [-0.4, -0.2) is 52.0 Å². The van der Waals surface area contributed by atoms with E-state index < -0.39 is 0 Å². The normalized spacial score (nSPS) is 17.1. The summed E-state index contributed by atoms with van der Waals surface area (Å²) in [5, 5.41) is 6.73. The van der Waals surface area contributed by atoms with Crippen molar-refractivity contribution in [1.82, 2.24) is 10.6 Å². The minimum atomic E-state index is -0.191. The van der Waals surface area contributed by atoms with Crippen LogP contribution in [0.3, 0.4) is 0 Å². The maximum absolute atomic E-state index is 5.46. The van der Waals surface area contributed by atoms with Crippen LogP contribution in [0.15, 0.2) is 4.99 Å². The molecule has 2 N–H and O–H groups in total. The number of hydrogen-bond donors (Lipinski definition) is 2. The number of ether oxygens (including phenoxy) is 2. The molecule has 6 heteroatoms. The van der Waals surface area contributed by atoms with Crippen molar-refractivity contribution in [1.29, 1.82) is 0 Å². The van der Waals surface area contributed by atoms with E-state index in [1.165, 1.54) is 12.8 Å². The Bertz CT molecular complexity index is 318. The summed E-state index contributed by atoms with van der Waals surface area (Å²) in [5.41, 5.74) is 0.230. The molecule has 0 saturated heterocycles. The molecule has 5 nitrogen and oxygen atoms in total. The van der Waals surface area contributed by atoms with E-state index in [-0.39, 0.29) is 29.6 Å². The Kier molecular flexibility index (Phi) is 9.80. The summed E-state index contributed by atoms with van der Waals surface area (Å²) < 4.78 is 10.9. The highest BCUT2D eigenvalue weighted by Crippen LogP contribution is 2.48. The molecule has 0 aromatic carbocycles. The van der Waals surface area contributed by atoms with Gasteiger partial charge in [-0.3, -0.25) is 4.99 Å². The van der Waals surface area contributed by atoms with Crippen molar-refractivity contribution in [2.24, 2.45) is 10.4 Å². The first-order chi connectivity index (χ1) is 9.47. The van der Waals surface area contributed by atoms with Crippen LogP contribution in [0.1, 0.15) is 40.0 Å². The van der Waals surface area contributed by atoms with Crippen molar-refractivity contribution in [2.45, 2.75) is 45.6 Å². The van der Waals surface area contributed by atoms with Gasteiger partial charge in [-0.15, -0.1) is 24.0 Å². The molecule has 0 spiro atoms. The number of nitrogens with zero attached hydrogens (tertiary/aromatic N) is 1. The largest absolute Gasteiger partial charge is 0.382 e. The summed E-state index contributed by atoms with van der Waals surface area (Å²) in [6.07, 6.45) is 3.70. The Hall–Kier alpha value is -0.0800. The molecule has 1 rings (SSSR count). The summed E-state index contributed by atoms with van der Waals surface area (Å²) in [6, 6.07) is 0. The van der Waals surface area contributed by atoms with Gasteiger partial charge in [0, 0.05) is 40.5 Å². The summed E-state index contributed by atoms with van der Waals surface area (Å²) in [5.74, 6) is 0.845. The van der Waals surface area contributed by atoms with Gasteiger partial charge in [0.25, 0.3) is 0 Å². The minimum Gasteiger partial charge on any atom is -0.382 e. The van der Waals surface area contributed by atoms with Gasteiger partial charge in [-0.25, -0.2) is 0 Å². The average molecular weight is 413 g/mol. The van der Waals surface area contributed by atoms with Gasteiger partial charge in [0.2, 0.25) is 0 Å². The monoisotopic (exact) mass is 413 g/mol. The second kappa shape index (κ2) is 9.84. The zero-order chi connectivity index (χ0) is 15.1. The lowest BCUT2D eigenvalue weighted by Crippen LogP contribution is -2.46. The highest BCUT2D eigenvalue weighted by molar-refractivity contribution is 14.0. The van der Waals surface area contributed by atoms with Crippen molar-refractivity contribution in [3.63, 3.8) is 0 Å². The van der Waals surface area contributed by atoms with Crippen LogP contribution in [0, 0.1) is 5.41 Å². The first-order valence-corrected chi connectivity index (χ1v) is 7.54. The molecule has 0 aromatic heterocycles. The molecule has 1 aliphatic carbocycles. The lowest BCUT2D eigenvalue weighted by atomic mass is 10.0. The number of methoxy groups -OCH3 is 1. The maximum Gasteiger partial charge on any atom is 0.191 e. The first-order valence-electron chi connectivity index (χ1n) is 7.54. The third-order valence-electron chi connectivity index (χ3n) is 4.03. The zero-order valence-corrected chi connectivity index (χ0v) is 16.5. The molecule has 0 heterocycles. The summed E-state index contributed by atoms with van der Waals surface area (Å²) in [7, 11) is 3.53. The second-order valence-electron chi connectivity index (χ2n) is 6.19. The molecule has 1 fully saturated rings. The molecule has 0 aromatic rings. The Balaban J connectivity index is 0.00000400. The van der Waals surface area contributed by atoms with E-state index in [0.717, 1.165) is 38.7 Å². The predicted octanol–water partition coefficient (Wildman–Crippen LogP) is 2.40. The third-order valence-corrected chi connectivity index (χ3v) is 4.03. The zero-order valence-electron chi connectivity index (χ0n) is 14.1. The van der Waals surface area contributed by atoms with Gasteiger partial charge in [0.05, 0.1) is 5.60 Å². The molecular formula is C15H32IN3O2. The second-order valence-corrected chi connectivity index (χ2v) is 6.19. The van der Waals surface area contributed by atoms with Gasteiger partial charge in [0.15, 0.2) is 5.96 Å². The Morgan fingerprint density at radius 3 is 2.43 bits per heavy atom. The summed E-state index contributed by atoms with van der Waals surface area (Å²) in [4.78, 5) is 4.26. The van der Waals surface area contributed by atoms with E-state index >= 15 is 0 Å². The van der Waals surface area contributed by atoms with Crippen LogP contribution >= 0.6 is 24.0 Å². The van der Waals surface area contributed by atoms with E-state index in [9.17, 15) is 0 Å². The molecule has 0 unspecified atom stereocenters. The van der Waals surface area contributed by atoms with Crippen LogP contribution < -0.4 is 10.6 Å².